The van der Waals surface area contributed by atoms with Crippen molar-refractivity contribution >= 4 is 40.3 Å². The molecule has 2 aromatic carbocycles. The van der Waals surface area contributed by atoms with Crippen molar-refractivity contribution in [3.05, 3.63) is 69.7 Å². The van der Waals surface area contributed by atoms with Crippen LogP contribution in [0.1, 0.15) is 30.4 Å². The Morgan fingerprint density at radius 2 is 1.46 bits per heavy atom. The summed E-state index contributed by atoms with van der Waals surface area (Å²) in [5, 5.41) is 1.38. The highest BCUT2D eigenvalue weighted by Crippen LogP contribution is 2.41. The summed E-state index contributed by atoms with van der Waals surface area (Å²) >= 11 is 12.1. The van der Waals surface area contributed by atoms with Gasteiger partial charge in [0.15, 0.2) is 5.78 Å². The second-order valence-electron chi connectivity index (χ2n) is 6.35. The number of Topliss-reactive ketones (excluding diaryl/α,β-unsaturated/α-hetero) is 1. The summed E-state index contributed by atoms with van der Waals surface area (Å²) < 4.78 is 0. The number of rotatable bonds is 2. The molecule has 4 rings (SSSR count). The molecule has 0 amide bonds. The van der Waals surface area contributed by atoms with Gasteiger partial charge < -0.3 is 4.90 Å². The maximum absolute atomic E-state index is 12.9. The van der Waals surface area contributed by atoms with Crippen LogP contribution in [0.5, 0.6) is 0 Å². The normalized spacial score (nSPS) is 20.5. The van der Waals surface area contributed by atoms with E-state index >= 15 is 0 Å². The van der Waals surface area contributed by atoms with Crippen molar-refractivity contribution in [1.82, 2.24) is 4.90 Å². The molecule has 4 heteroatoms. The number of fused-ring (bicyclic) bond motifs is 1. The van der Waals surface area contributed by atoms with Crippen LogP contribution in [0.3, 0.4) is 0 Å². The SMILES string of the molecule is O=C1CC2CCCN2C(c2ccc(Cl)cc2)=C1c1ccc(Cl)cc1. The highest BCUT2D eigenvalue weighted by atomic mass is 35.5. The zero-order valence-electron chi connectivity index (χ0n) is 13.1. The van der Waals surface area contributed by atoms with Crippen molar-refractivity contribution in [3.8, 4) is 0 Å². The second-order valence-corrected chi connectivity index (χ2v) is 7.23. The molecular formula is C20H17Cl2NO. The van der Waals surface area contributed by atoms with E-state index in [-0.39, 0.29) is 5.78 Å². The lowest BCUT2D eigenvalue weighted by molar-refractivity contribution is -0.114. The van der Waals surface area contributed by atoms with Crippen LogP contribution in [-0.4, -0.2) is 23.3 Å². The Hall–Kier alpha value is -1.77. The molecule has 2 aliphatic heterocycles. The molecule has 0 N–H and O–H groups in total. The quantitative estimate of drug-likeness (QED) is 0.726. The third-order valence-electron chi connectivity index (χ3n) is 4.85. The van der Waals surface area contributed by atoms with Crippen molar-refractivity contribution in [2.24, 2.45) is 0 Å². The van der Waals surface area contributed by atoms with Crippen LogP contribution < -0.4 is 0 Å². The largest absolute Gasteiger partial charge is 0.367 e. The van der Waals surface area contributed by atoms with E-state index in [1.807, 2.05) is 48.5 Å². The molecule has 1 atom stereocenters. The van der Waals surface area contributed by atoms with Gasteiger partial charge in [-0.1, -0.05) is 47.5 Å². The Kier molecular flexibility index (Phi) is 4.11. The van der Waals surface area contributed by atoms with Gasteiger partial charge in [-0.15, -0.1) is 0 Å². The van der Waals surface area contributed by atoms with Gasteiger partial charge in [0.25, 0.3) is 0 Å². The maximum Gasteiger partial charge on any atom is 0.167 e. The number of ketones is 1. The van der Waals surface area contributed by atoms with E-state index in [0.717, 1.165) is 41.8 Å². The molecule has 0 bridgehead atoms. The molecule has 0 aromatic heterocycles. The number of allylic oxidation sites excluding steroid dienone is 1. The lowest BCUT2D eigenvalue weighted by Crippen LogP contribution is -2.36. The number of nitrogens with zero attached hydrogens (tertiary/aromatic N) is 1. The highest BCUT2D eigenvalue weighted by molar-refractivity contribution is 6.32. The first-order valence-electron chi connectivity index (χ1n) is 8.19. The molecule has 1 saturated heterocycles. The lowest BCUT2D eigenvalue weighted by Gasteiger charge is -2.35. The molecule has 2 aliphatic rings. The minimum Gasteiger partial charge on any atom is -0.367 e. The molecule has 122 valence electrons. The van der Waals surface area contributed by atoms with E-state index in [1.165, 1.54) is 0 Å². The van der Waals surface area contributed by atoms with Gasteiger partial charge in [0.05, 0.1) is 5.70 Å². The summed E-state index contributed by atoms with van der Waals surface area (Å²) in [6.07, 6.45) is 2.80. The fraction of sp³-hybridized carbons (Fsp3) is 0.250. The predicted octanol–water partition coefficient (Wildman–Crippen LogP) is 5.30. The molecule has 0 radical (unpaired) electrons. The van der Waals surface area contributed by atoms with Crippen molar-refractivity contribution in [1.29, 1.82) is 0 Å². The number of hydrogen-bond donors (Lipinski definition) is 0. The summed E-state index contributed by atoms with van der Waals surface area (Å²) in [4.78, 5) is 15.3. The van der Waals surface area contributed by atoms with Gasteiger partial charge >= 0.3 is 0 Å². The highest BCUT2D eigenvalue weighted by Gasteiger charge is 2.37. The van der Waals surface area contributed by atoms with Gasteiger partial charge in [-0.25, -0.2) is 0 Å². The molecule has 2 heterocycles. The Morgan fingerprint density at radius 1 is 0.875 bits per heavy atom. The molecule has 0 aliphatic carbocycles. The van der Waals surface area contributed by atoms with Gasteiger partial charge in [0.1, 0.15) is 0 Å². The monoisotopic (exact) mass is 357 g/mol. The molecule has 2 nitrogen and oxygen atoms in total. The van der Waals surface area contributed by atoms with Gasteiger partial charge in [0, 0.05) is 34.6 Å². The summed E-state index contributed by atoms with van der Waals surface area (Å²) in [5.74, 6) is 0.213. The molecular weight excluding hydrogens is 341 g/mol. The molecule has 0 saturated carbocycles. The first-order chi connectivity index (χ1) is 11.6. The van der Waals surface area contributed by atoms with Crippen LogP contribution in [0.2, 0.25) is 10.0 Å². The van der Waals surface area contributed by atoms with Crippen LogP contribution in [-0.2, 0) is 4.79 Å². The molecule has 24 heavy (non-hydrogen) atoms. The number of benzene rings is 2. The van der Waals surface area contributed by atoms with E-state index in [0.29, 0.717) is 22.5 Å². The Bertz CT molecular complexity index is 809. The fourth-order valence-corrected chi connectivity index (χ4v) is 4.02. The maximum atomic E-state index is 12.9. The summed E-state index contributed by atoms with van der Waals surface area (Å²) in [7, 11) is 0. The van der Waals surface area contributed by atoms with Gasteiger partial charge in [-0.2, -0.15) is 0 Å². The average molecular weight is 358 g/mol. The lowest BCUT2D eigenvalue weighted by atomic mass is 9.88. The molecule has 1 unspecified atom stereocenters. The number of hydrogen-bond acceptors (Lipinski definition) is 2. The van der Waals surface area contributed by atoms with E-state index in [9.17, 15) is 4.79 Å². The number of carbonyl (C=O) groups is 1. The van der Waals surface area contributed by atoms with Crippen molar-refractivity contribution < 1.29 is 4.79 Å². The van der Waals surface area contributed by atoms with Crippen LogP contribution in [0, 0.1) is 0 Å². The third-order valence-corrected chi connectivity index (χ3v) is 5.36. The van der Waals surface area contributed by atoms with Gasteiger partial charge in [0.2, 0.25) is 0 Å². The summed E-state index contributed by atoms with van der Waals surface area (Å²) in [6.45, 7) is 0.993. The van der Waals surface area contributed by atoms with Gasteiger partial charge in [-0.3, -0.25) is 4.79 Å². The predicted molar refractivity (Wildman–Crippen MR) is 99.1 cm³/mol. The fourth-order valence-electron chi connectivity index (χ4n) is 3.77. The number of carbonyl (C=O) groups excluding carboxylic acids is 1. The van der Waals surface area contributed by atoms with Gasteiger partial charge in [-0.05, 0) is 48.2 Å². The standard InChI is InChI=1S/C20H17Cl2NO/c21-15-7-3-13(4-8-15)19-18(24)12-17-2-1-11-23(17)20(19)14-5-9-16(22)10-6-14/h3-10,17H,1-2,11-12H2. The summed E-state index contributed by atoms with van der Waals surface area (Å²) in [5.41, 5.74) is 3.81. The molecule has 1 fully saturated rings. The zero-order valence-corrected chi connectivity index (χ0v) is 14.6. The Morgan fingerprint density at radius 3 is 2.08 bits per heavy atom. The summed E-state index contributed by atoms with van der Waals surface area (Å²) in [6, 6.07) is 15.6. The van der Waals surface area contributed by atoms with Crippen LogP contribution in [0.15, 0.2) is 48.5 Å². The van der Waals surface area contributed by atoms with Crippen LogP contribution in [0.4, 0.5) is 0 Å². The van der Waals surface area contributed by atoms with E-state index in [4.69, 9.17) is 23.2 Å². The second kappa shape index (κ2) is 6.27. The van der Waals surface area contributed by atoms with Crippen molar-refractivity contribution in [3.63, 3.8) is 0 Å². The third kappa shape index (κ3) is 2.74. The Balaban J connectivity index is 1.93. The average Bonchev–Trinajstić information content (AvgIpc) is 3.03. The van der Waals surface area contributed by atoms with E-state index < -0.39 is 0 Å². The van der Waals surface area contributed by atoms with Crippen LogP contribution >= 0.6 is 23.2 Å². The van der Waals surface area contributed by atoms with E-state index in [1.54, 1.807) is 0 Å². The topological polar surface area (TPSA) is 20.3 Å². The minimum absolute atomic E-state index is 0.213. The first-order valence-corrected chi connectivity index (χ1v) is 8.95. The van der Waals surface area contributed by atoms with E-state index in [2.05, 4.69) is 4.90 Å². The minimum atomic E-state index is 0.213. The molecule has 0 spiro atoms. The Labute approximate surface area is 151 Å². The van der Waals surface area contributed by atoms with Crippen molar-refractivity contribution in [2.45, 2.75) is 25.3 Å². The molecule has 2 aromatic rings. The van der Waals surface area contributed by atoms with Crippen molar-refractivity contribution in [2.75, 3.05) is 6.54 Å². The number of halogens is 2. The first kappa shape index (κ1) is 15.7. The smallest absolute Gasteiger partial charge is 0.167 e. The zero-order chi connectivity index (χ0) is 16.7. The van der Waals surface area contributed by atoms with Crippen LogP contribution in [0.25, 0.3) is 11.3 Å².